The molecule has 0 unspecified atom stereocenters. The van der Waals surface area contributed by atoms with E-state index in [-0.39, 0.29) is 29.8 Å². The maximum absolute atomic E-state index is 12.9. The Hall–Kier alpha value is -4.01. The zero-order valence-electron chi connectivity index (χ0n) is 17.3. The van der Waals surface area contributed by atoms with Crippen molar-refractivity contribution in [3.05, 3.63) is 64.1 Å². The smallest absolute Gasteiger partial charge is 0.292 e. The molecule has 0 saturated heterocycles. The largest absolute Gasteiger partial charge is 0.482 e. The Morgan fingerprint density at radius 3 is 2.68 bits per heavy atom. The van der Waals surface area contributed by atoms with Gasteiger partial charge in [-0.15, -0.1) is 0 Å². The minimum atomic E-state index is -0.528. The van der Waals surface area contributed by atoms with Crippen LogP contribution in [0.2, 0.25) is 0 Å². The maximum atomic E-state index is 12.9. The van der Waals surface area contributed by atoms with Crippen molar-refractivity contribution in [1.82, 2.24) is 15.2 Å². The van der Waals surface area contributed by atoms with Crippen LogP contribution in [0.4, 0.5) is 5.69 Å². The van der Waals surface area contributed by atoms with Crippen molar-refractivity contribution in [3.63, 3.8) is 0 Å². The van der Waals surface area contributed by atoms with Gasteiger partial charge in [-0.25, -0.2) is 10.1 Å². The van der Waals surface area contributed by atoms with Gasteiger partial charge in [0.1, 0.15) is 5.75 Å². The highest BCUT2D eigenvalue weighted by molar-refractivity contribution is 6.06. The van der Waals surface area contributed by atoms with Gasteiger partial charge in [0.2, 0.25) is 0 Å². The van der Waals surface area contributed by atoms with Gasteiger partial charge in [-0.1, -0.05) is 18.2 Å². The number of fused-ring (bicyclic) bond motifs is 2. The van der Waals surface area contributed by atoms with Gasteiger partial charge in [0.15, 0.2) is 12.3 Å². The lowest BCUT2D eigenvalue weighted by molar-refractivity contribution is -0.118. The number of carbonyl (C=O) groups excluding carboxylic acids is 2. The number of nitrogens with one attached hydrogen (secondary N) is 2. The van der Waals surface area contributed by atoms with Crippen LogP contribution in [0, 0.1) is 0 Å². The summed E-state index contributed by atoms with van der Waals surface area (Å²) >= 11 is 0. The Labute approximate surface area is 177 Å². The number of hydrazone groups is 1. The van der Waals surface area contributed by atoms with Gasteiger partial charge in [0, 0.05) is 5.39 Å². The van der Waals surface area contributed by atoms with Crippen LogP contribution in [-0.2, 0) is 4.79 Å². The Kier molecular flexibility index (Phi) is 5.24. The van der Waals surface area contributed by atoms with E-state index in [2.05, 4.69) is 20.9 Å². The van der Waals surface area contributed by atoms with E-state index in [1.165, 1.54) is 4.68 Å². The fourth-order valence-electron chi connectivity index (χ4n) is 3.28. The number of carbonyl (C=O) groups is 2. The monoisotopic (exact) mass is 419 g/mol. The molecule has 0 bridgehead atoms. The average Bonchev–Trinajstić information content (AvgIpc) is 2.76. The second-order valence-corrected chi connectivity index (χ2v) is 7.42. The molecule has 0 spiro atoms. The molecule has 1 aliphatic heterocycles. The molecular weight excluding hydrogens is 398 g/mol. The number of rotatable bonds is 4. The highest BCUT2D eigenvalue weighted by Crippen LogP contribution is 2.28. The minimum absolute atomic E-state index is 0.0189. The van der Waals surface area contributed by atoms with Crippen LogP contribution in [0.25, 0.3) is 10.8 Å². The van der Waals surface area contributed by atoms with Gasteiger partial charge in [-0.3, -0.25) is 14.4 Å². The van der Waals surface area contributed by atoms with Gasteiger partial charge in [0.05, 0.1) is 22.8 Å². The predicted octanol–water partition coefficient (Wildman–Crippen LogP) is 2.46. The van der Waals surface area contributed by atoms with E-state index in [0.29, 0.717) is 33.5 Å². The maximum Gasteiger partial charge on any atom is 0.292 e. The third-order valence-corrected chi connectivity index (χ3v) is 4.89. The van der Waals surface area contributed by atoms with Gasteiger partial charge in [-0.2, -0.15) is 10.2 Å². The molecule has 0 atom stereocenters. The zero-order valence-corrected chi connectivity index (χ0v) is 17.3. The van der Waals surface area contributed by atoms with Gasteiger partial charge < -0.3 is 10.1 Å². The number of hydrogen-bond donors (Lipinski definition) is 2. The Bertz CT molecular complexity index is 1290. The molecular formula is C22H21N5O4. The fraction of sp³-hybridized carbons (Fsp3) is 0.227. The highest BCUT2D eigenvalue weighted by Gasteiger charge is 2.19. The fourth-order valence-corrected chi connectivity index (χ4v) is 3.28. The molecule has 2 aromatic carbocycles. The first kappa shape index (κ1) is 20.3. The summed E-state index contributed by atoms with van der Waals surface area (Å²) in [5.74, 6) is -0.183. The highest BCUT2D eigenvalue weighted by atomic mass is 16.5. The zero-order chi connectivity index (χ0) is 22.1. The molecule has 9 heteroatoms. The molecule has 2 heterocycles. The number of benzene rings is 2. The van der Waals surface area contributed by atoms with E-state index in [1.807, 2.05) is 13.8 Å². The third-order valence-electron chi connectivity index (χ3n) is 4.89. The third kappa shape index (κ3) is 3.89. The van der Waals surface area contributed by atoms with Crippen LogP contribution < -0.4 is 21.0 Å². The summed E-state index contributed by atoms with van der Waals surface area (Å²) in [5.41, 5.74) is 4.16. The molecule has 158 valence electrons. The summed E-state index contributed by atoms with van der Waals surface area (Å²) in [5, 5.41) is 12.1. The quantitative estimate of drug-likeness (QED) is 0.498. The van der Waals surface area contributed by atoms with Gasteiger partial charge in [-0.05, 0) is 50.6 Å². The molecule has 31 heavy (non-hydrogen) atoms. The van der Waals surface area contributed by atoms with Crippen LogP contribution in [0.3, 0.4) is 0 Å². The van der Waals surface area contributed by atoms with Crippen molar-refractivity contribution in [2.24, 2.45) is 5.10 Å². The van der Waals surface area contributed by atoms with Crippen molar-refractivity contribution in [1.29, 1.82) is 0 Å². The summed E-state index contributed by atoms with van der Waals surface area (Å²) in [4.78, 5) is 37.1. The SMILES string of the molecule is C/C(=N/NC(=O)c1nn(C(C)C)c(=O)c2ccccc12)c1ccc2c(c1)NC(=O)CO2. The Morgan fingerprint density at radius 2 is 1.94 bits per heavy atom. The summed E-state index contributed by atoms with van der Waals surface area (Å²) < 4.78 is 6.64. The molecule has 4 rings (SSSR count). The molecule has 0 fully saturated rings. The van der Waals surface area contributed by atoms with E-state index in [0.717, 1.165) is 0 Å². The van der Waals surface area contributed by atoms with Crippen molar-refractivity contribution in [2.75, 3.05) is 11.9 Å². The average molecular weight is 419 g/mol. The topological polar surface area (TPSA) is 115 Å². The lowest BCUT2D eigenvalue weighted by atomic mass is 10.1. The van der Waals surface area contributed by atoms with Crippen molar-refractivity contribution in [3.8, 4) is 5.75 Å². The Balaban J connectivity index is 1.64. The van der Waals surface area contributed by atoms with Crippen LogP contribution >= 0.6 is 0 Å². The molecule has 2 amide bonds. The second kappa shape index (κ2) is 8.02. The molecule has 2 N–H and O–H groups in total. The summed E-state index contributed by atoms with van der Waals surface area (Å²) in [7, 11) is 0. The predicted molar refractivity (Wildman–Crippen MR) is 117 cm³/mol. The van der Waals surface area contributed by atoms with Crippen LogP contribution in [0.1, 0.15) is 42.9 Å². The first-order valence-corrected chi connectivity index (χ1v) is 9.78. The van der Waals surface area contributed by atoms with Crippen molar-refractivity contribution in [2.45, 2.75) is 26.8 Å². The second-order valence-electron chi connectivity index (χ2n) is 7.42. The van der Waals surface area contributed by atoms with E-state index >= 15 is 0 Å². The molecule has 1 aromatic heterocycles. The van der Waals surface area contributed by atoms with E-state index in [1.54, 1.807) is 49.4 Å². The minimum Gasteiger partial charge on any atom is -0.482 e. The number of hydrogen-bond acceptors (Lipinski definition) is 6. The first-order valence-electron chi connectivity index (χ1n) is 9.78. The van der Waals surface area contributed by atoms with E-state index < -0.39 is 5.91 Å². The van der Waals surface area contributed by atoms with Gasteiger partial charge >= 0.3 is 0 Å². The number of anilines is 1. The lowest BCUT2D eigenvalue weighted by Gasteiger charge is -2.18. The van der Waals surface area contributed by atoms with Crippen molar-refractivity contribution >= 4 is 34.0 Å². The van der Waals surface area contributed by atoms with E-state index in [9.17, 15) is 14.4 Å². The molecule has 1 aliphatic rings. The molecule has 0 radical (unpaired) electrons. The Morgan fingerprint density at radius 1 is 1.19 bits per heavy atom. The standard InChI is InChI=1S/C22H21N5O4/c1-12(2)27-22(30)16-7-5-4-6-15(16)20(26-27)21(29)25-24-13(3)14-8-9-18-17(10-14)23-19(28)11-31-18/h4-10,12H,11H2,1-3H3,(H,23,28)(H,25,29)/b24-13-. The summed E-state index contributed by atoms with van der Waals surface area (Å²) in [6.07, 6.45) is 0. The van der Waals surface area contributed by atoms with Crippen LogP contribution in [0.5, 0.6) is 5.75 Å². The lowest BCUT2D eigenvalue weighted by Crippen LogP contribution is -2.30. The van der Waals surface area contributed by atoms with Crippen LogP contribution in [0.15, 0.2) is 52.4 Å². The number of amides is 2. The van der Waals surface area contributed by atoms with E-state index in [4.69, 9.17) is 4.74 Å². The number of nitrogens with zero attached hydrogens (tertiary/aromatic N) is 3. The molecule has 0 aliphatic carbocycles. The molecule has 3 aromatic rings. The number of ether oxygens (including phenoxy) is 1. The first-order chi connectivity index (χ1) is 14.8. The van der Waals surface area contributed by atoms with Gasteiger partial charge in [0.25, 0.3) is 17.4 Å². The number of aromatic nitrogens is 2. The normalized spacial score (nSPS) is 13.5. The van der Waals surface area contributed by atoms with Crippen LogP contribution in [-0.4, -0.2) is 33.9 Å². The summed E-state index contributed by atoms with van der Waals surface area (Å²) in [6.45, 7) is 5.36. The summed E-state index contributed by atoms with van der Waals surface area (Å²) in [6, 6.07) is 11.9. The molecule has 0 saturated carbocycles. The molecule has 9 nitrogen and oxygen atoms in total. The van der Waals surface area contributed by atoms with Crippen molar-refractivity contribution < 1.29 is 14.3 Å².